The zero-order chi connectivity index (χ0) is 17.6. The van der Waals surface area contributed by atoms with Gasteiger partial charge in [0.2, 0.25) is 0 Å². The molecule has 128 valence electrons. The van der Waals surface area contributed by atoms with E-state index in [1.165, 1.54) is 6.07 Å². The summed E-state index contributed by atoms with van der Waals surface area (Å²) in [5.74, 6) is -0.456. The highest BCUT2D eigenvalue weighted by molar-refractivity contribution is 6.36. The third kappa shape index (κ3) is 4.65. The summed E-state index contributed by atoms with van der Waals surface area (Å²) in [6, 6.07) is 18.4. The van der Waals surface area contributed by atoms with Crippen LogP contribution in [0.2, 0.25) is 10.0 Å². The molecule has 0 radical (unpaired) electrons. The third-order valence-electron chi connectivity index (χ3n) is 3.89. The average Bonchev–Trinajstić information content (AvgIpc) is 3.12. The second-order valence-corrected chi connectivity index (χ2v) is 6.48. The van der Waals surface area contributed by atoms with Gasteiger partial charge >= 0.3 is 5.97 Å². The van der Waals surface area contributed by atoms with Crippen LogP contribution >= 0.6 is 23.2 Å². The molecule has 0 fully saturated rings. The number of aryl methyl sites for hydroxylation is 1. The number of carbonyl (C=O) groups excluding carboxylic acids is 1. The van der Waals surface area contributed by atoms with Crippen LogP contribution in [0.4, 0.5) is 0 Å². The van der Waals surface area contributed by atoms with Crippen molar-refractivity contribution in [3.63, 3.8) is 0 Å². The molecule has 1 atom stereocenters. The zero-order valence-corrected chi connectivity index (χ0v) is 15.0. The molecule has 0 amide bonds. The number of aromatic nitrogens is 1. The normalized spacial score (nSPS) is 11.9. The Hall–Kier alpha value is -2.23. The molecule has 2 aromatic carbocycles. The number of esters is 1. The molecule has 0 bridgehead atoms. The Bertz CT molecular complexity index is 832. The smallest absolute Gasteiger partial charge is 0.340 e. The molecule has 1 aromatic heterocycles. The van der Waals surface area contributed by atoms with Crippen molar-refractivity contribution < 1.29 is 9.53 Å². The molecule has 0 aliphatic rings. The lowest BCUT2D eigenvalue weighted by Crippen LogP contribution is -2.14. The summed E-state index contributed by atoms with van der Waals surface area (Å²) in [6.07, 6.45) is 4.28. The monoisotopic (exact) mass is 373 g/mol. The van der Waals surface area contributed by atoms with Crippen molar-refractivity contribution in [1.82, 2.24) is 4.57 Å². The van der Waals surface area contributed by atoms with Crippen LogP contribution < -0.4 is 0 Å². The van der Waals surface area contributed by atoms with Crippen molar-refractivity contribution in [2.24, 2.45) is 0 Å². The Kier molecular flexibility index (Phi) is 5.79. The topological polar surface area (TPSA) is 31.2 Å². The van der Waals surface area contributed by atoms with Gasteiger partial charge in [0.1, 0.15) is 6.10 Å². The van der Waals surface area contributed by atoms with Gasteiger partial charge in [-0.1, -0.05) is 53.5 Å². The predicted molar refractivity (Wildman–Crippen MR) is 100 cm³/mol. The maximum atomic E-state index is 12.6. The largest absolute Gasteiger partial charge is 0.454 e. The Labute approximate surface area is 156 Å². The quantitative estimate of drug-likeness (QED) is 0.512. The molecular weight excluding hydrogens is 357 g/mol. The minimum absolute atomic E-state index is 0.287. The minimum Gasteiger partial charge on any atom is -0.454 e. The molecule has 25 heavy (non-hydrogen) atoms. The Morgan fingerprint density at radius 1 is 1.00 bits per heavy atom. The molecule has 3 rings (SSSR count). The number of hydrogen-bond donors (Lipinski definition) is 0. The van der Waals surface area contributed by atoms with Gasteiger partial charge in [-0.15, -0.1) is 0 Å². The van der Waals surface area contributed by atoms with Gasteiger partial charge in [0.25, 0.3) is 0 Å². The fraction of sp³-hybridized carbons (Fsp3) is 0.150. The van der Waals surface area contributed by atoms with E-state index in [-0.39, 0.29) is 11.1 Å². The number of halogens is 2. The van der Waals surface area contributed by atoms with E-state index in [1.54, 1.807) is 12.1 Å². The Morgan fingerprint density at radius 2 is 1.72 bits per heavy atom. The van der Waals surface area contributed by atoms with Gasteiger partial charge in [0.05, 0.1) is 10.6 Å². The molecule has 3 nitrogen and oxygen atoms in total. The van der Waals surface area contributed by atoms with Crippen LogP contribution in [-0.4, -0.2) is 10.5 Å². The van der Waals surface area contributed by atoms with Gasteiger partial charge in [-0.2, -0.15) is 0 Å². The van der Waals surface area contributed by atoms with Gasteiger partial charge in [-0.05, 0) is 35.9 Å². The van der Waals surface area contributed by atoms with Crippen molar-refractivity contribution in [2.75, 3.05) is 0 Å². The van der Waals surface area contributed by atoms with Crippen molar-refractivity contribution >= 4 is 29.2 Å². The van der Waals surface area contributed by atoms with E-state index in [9.17, 15) is 4.79 Å². The van der Waals surface area contributed by atoms with Gasteiger partial charge < -0.3 is 9.30 Å². The van der Waals surface area contributed by atoms with Crippen LogP contribution in [0.5, 0.6) is 0 Å². The molecule has 0 spiro atoms. The number of ether oxygens (including phenoxy) is 1. The van der Waals surface area contributed by atoms with Crippen LogP contribution in [0.25, 0.3) is 0 Å². The molecule has 0 N–H and O–H groups in total. The van der Waals surface area contributed by atoms with Gasteiger partial charge in [0.15, 0.2) is 0 Å². The lowest BCUT2D eigenvalue weighted by Gasteiger charge is -2.19. The first-order valence-corrected chi connectivity index (χ1v) is 8.71. The summed E-state index contributed by atoms with van der Waals surface area (Å²) in [6.45, 7) is 0.744. The number of carbonyl (C=O) groups is 1. The van der Waals surface area contributed by atoms with Crippen LogP contribution in [0.15, 0.2) is 73.1 Å². The van der Waals surface area contributed by atoms with Crippen LogP contribution in [-0.2, 0) is 11.3 Å². The van der Waals surface area contributed by atoms with Crippen molar-refractivity contribution in [2.45, 2.75) is 19.1 Å². The zero-order valence-electron chi connectivity index (χ0n) is 13.4. The number of benzene rings is 2. The Morgan fingerprint density at radius 3 is 2.40 bits per heavy atom. The van der Waals surface area contributed by atoms with Crippen molar-refractivity contribution in [1.29, 1.82) is 0 Å². The SMILES string of the molecule is O=C(OC(CCn1cccc1)c1ccccc1)c1ccc(Cl)cc1Cl. The molecular formula is C20H17Cl2NO2. The first-order chi connectivity index (χ1) is 12.1. The van der Waals surface area contributed by atoms with Gasteiger partial charge in [-0.25, -0.2) is 4.79 Å². The molecule has 3 aromatic rings. The van der Waals surface area contributed by atoms with Crippen molar-refractivity contribution in [3.05, 3.63) is 94.2 Å². The summed E-state index contributed by atoms with van der Waals surface area (Å²) < 4.78 is 7.82. The first kappa shape index (κ1) is 17.6. The lowest BCUT2D eigenvalue weighted by molar-refractivity contribution is 0.0267. The summed E-state index contributed by atoms with van der Waals surface area (Å²) >= 11 is 12.0. The Balaban J connectivity index is 1.77. The van der Waals surface area contributed by atoms with E-state index in [0.717, 1.165) is 12.1 Å². The van der Waals surface area contributed by atoms with Crippen LogP contribution in [0, 0.1) is 0 Å². The first-order valence-electron chi connectivity index (χ1n) is 7.95. The second kappa shape index (κ2) is 8.24. The molecule has 0 aliphatic heterocycles. The second-order valence-electron chi connectivity index (χ2n) is 5.64. The molecule has 1 unspecified atom stereocenters. The van der Waals surface area contributed by atoms with E-state index in [4.69, 9.17) is 27.9 Å². The van der Waals surface area contributed by atoms with E-state index in [0.29, 0.717) is 17.0 Å². The fourth-order valence-electron chi connectivity index (χ4n) is 2.59. The number of rotatable bonds is 6. The molecule has 5 heteroatoms. The van der Waals surface area contributed by atoms with Crippen LogP contribution in [0.3, 0.4) is 0 Å². The molecule has 1 heterocycles. The maximum absolute atomic E-state index is 12.6. The van der Waals surface area contributed by atoms with E-state index >= 15 is 0 Å². The van der Waals surface area contributed by atoms with Gasteiger partial charge in [-0.3, -0.25) is 0 Å². The lowest BCUT2D eigenvalue weighted by atomic mass is 10.1. The molecule has 0 aliphatic carbocycles. The average molecular weight is 374 g/mol. The highest BCUT2D eigenvalue weighted by Gasteiger charge is 2.20. The summed E-state index contributed by atoms with van der Waals surface area (Å²) in [7, 11) is 0. The summed E-state index contributed by atoms with van der Waals surface area (Å²) in [5.41, 5.74) is 1.26. The van der Waals surface area contributed by atoms with Crippen molar-refractivity contribution in [3.8, 4) is 0 Å². The number of nitrogens with zero attached hydrogens (tertiary/aromatic N) is 1. The fourth-order valence-corrected chi connectivity index (χ4v) is 3.08. The van der Waals surface area contributed by atoms with Gasteiger partial charge in [0, 0.05) is 30.4 Å². The highest BCUT2D eigenvalue weighted by atomic mass is 35.5. The standard InChI is InChI=1S/C20H17Cl2NO2/c21-16-8-9-17(18(22)14-16)20(24)25-19(15-6-2-1-3-7-15)10-13-23-11-4-5-12-23/h1-9,11-12,14,19H,10,13H2. The predicted octanol–water partition coefficient (Wildman–Crippen LogP) is 5.78. The molecule has 0 saturated carbocycles. The maximum Gasteiger partial charge on any atom is 0.340 e. The number of hydrogen-bond acceptors (Lipinski definition) is 2. The molecule has 0 saturated heterocycles. The van der Waals surface area contributed by atoms with Crippen LogP contribution in [0.1, 0.15) is 28.4 Å². The summed E-state index contributed by atoms with van der Waals surface area (Å²) in [4.78, 5) is 12.6. The van der Waals surface area contributed by atoms with E-state index in [1.807, 2.05) is 54.9 Å². The minimum atomic E-state index is -0.456. The van der Waals surface area contributed by atoms with E-state index < -0.39 is 5.97 Å². The highest BCUT2D eigenvalue weighted by Crippen LogP contribution is 2.27. The summed E-state index contributed by atoms with van der Waals surface area (Å²) in [5, 5.41) is 0.767. The third-order valence-corrected chi connectivity index (χ3v) is 4.44. The van der Waals surface area contributed by atoms with E-state index in [2.05, 4.69) is 4.57 Å².